The number of benzene rings is 1. The first kappa shape index (κ1) is 14.0. The fraction of sp³-hybridized carbons (Fsp3) is 0.250. The van der Waals surface area contributed by atoms with E-state index in [-0.39, 0.29) is 29.7 Å². The predicted molar refractivity (Wildman–Crippen MR) is 72.1 cm³/mol. The summed E-state index contributed by atoms with van der Waals surface area (Å²) in [5, 5.41) is 11.6. The van der Waals surface area contributed by atoms with E-state index in [2.05, 4.69) is 5.32 Å². The van der Waals surface area contributed by atoms with Crippen molar-refractivity contribution in [2.45, 2.75) is 10.9 Å². The van der Waals surface area contributed by atoms with Crippen molar-refractivity contribution in [3.63, 3.8) is 0 Å². The second-order valence-electron chi connectivity index (χ2n) is 4.23. The predicted octanol–water partition coefficient (Wildman–Crippen LogP) is 0.973. The molecule has 100 valence electrons. The minimum absolute atomic E-state index is 0. The maximum atomic E-state index is 12.3. The van der Waals surface area contributed by atoms with Crippen LogP contribution in [0.25, 0.3) is 0 Å². The van der Waals surface area contributed by atoms with E-state index in [1.807, 2.05) is 0 Å². The number of carbonyl (C=O) groups excluding carboxylic acids is 2. The van der Waals surface area contributed by atoms with Crippen LogP contribution in [0, 0.1) is 0 Å². The molecule has 1 aromatic rings. The zero-order valence-electron chi connectivity index (χ0n) is 9.58. The molecule has 1 fully saturated rings. The summed E-state index contributed by atoms with van der Waals surface area (Å²) in [7, 11) is 0. The van der Waals surface area contributed by atoms with Crippen LogP contribution in [0.1, 0.15) is 20.7 Å². The lowest BCUT2D eigenvalue weighted by atomic mass is 10.1. The zero-order chi connectivity index (χ0) is 12.9. The number of hydrogen-bond donors (Lipinski definition) is 2. The van der Waals surface area contributed by atoms with E-state index in [0.717, 1.165) is 11.8 Å². The van der Waals surface area contributed by atoms with Gasteiger partial charge in [-0.05, 0) is 0 Å². The lowest BCUT2D eigenvalue weighted by Gasteiger charge is -2.19. The van der Waals surface area contributed by atoms with Gasteiger partial charge in [0.25, 0.3) is 0 Å². The third-order valence-corrected chi connectivity index (χ3v) is 4.62. The number of nitrogens with one attached hydrogen (secondary N) is 1. The Labute approximate surface area is 119 Å². The number of carboxylic acids is 1. The maximum absolute atomic E-state index is 12.3. The average Bonchev–Trinajstić information content (AvgIpc) is 2.90. The molecule has 7 heteroatoms. The molecule has 1 spiro atoms. The van der Waals surface area contributed by atoms with Crippen molar-refractivity contribution >= 4 is 41.7 Å². The summed E-state index contributed by atoms with van der Waals surface area (Å²) < 4.78 is 0. The highest BCUT2D eigenvalue weighted by Gasteiger charge is 2.58. The van der Waals surface area contributed by atoms with Gasteiger partial charge in [0.15, 0.2) is 4.87 Å². The number of hydrogen-bond acceptors (Lipinski definition) is 5. The Hall–Kier alpha value is -1.37. The number of carboxylic acid groups (broad SMARTS) is 1. The molecule has 0 amide bonds. The van der Waals surface area contributed by atoms with Gasteiger partial charge in [-0.2, -0.15) is 0 Å². The van der Waals surface area contributed by atoms with E-state index >= 15 is 0 Å². The van der Waals surface area contributed by atoms with E-state index in [9.17, 15) is 14.4 Å². The summed E-state index contributed by atoms with van der Waals surface area (Å²) >= 11 is 1.07. The van der Waals surface area contributed by atoms with Gasteiger partial charge in [0, 0.05) is 16.9 Å². The molecule has 1 saturated heterocycles. The number of thioether (sulfide) groups is 1. The Morgan fingerprint density at radius 2 is 1.79 bits per heavy atom. The van der Waals surface area contributed by atoms with Crippen molar-refractivity contribution in [2.24, 2.45) is 0 Å². The standard InChI is InChI=1S/C12H9NO4S.ClH/c14-9-6-3-1-2-4-7(6)10(15)12(9)13-8(5-18-12)11(16)17;/h1-4,8,13H,5H2,(H,16,17);1H. The molecule has 19 heavy (non-hydrogen) atoms. The Balaban J connectivity index is 0.00000133. The van der Waals surface area contributed by atoms with Crippen molar-refractivity contribution in [2.75, 3.05) is 5.75 Å². The lowest BCUT2D eigenvalue weighted by molar-refractivity contribution is -0.138. The van der Waals surface area contributed by atoms with Gasteiger partial charge in [-0.3, -0.25) is 19.7 Å². The SMILES string of the molecule is Cl.O=C(O)C1CSC2(N1)C(=O)c1ccccc1C2=O. The van der Waals surface area contributed by atoms with Crippen molar-refractivity contribution < 1.29 is 19.5 Å². The van der Waals surface area contributed by atoms with Crippen LogP contribution in [-0.2, 0) is 4.79 Å². The number of halogens is 1. The first-order valence-corrected chi connectivity index (χ1v) is 6.38. The Morgan fingerprint density at radius 1 is 1.26 bits per heavy atom. The largest absolute Gasteiger partial charge is 0.480 e. The quantitative estimate of drug-likeness (QED) is 0.752. The second kappa shape index (κ2) is 4.63. The molecule has 1 aliphatic heterocycles. The van der Waals surface area contributed by atoms with Crippen molar-refractivity contribution in [3.05, 3.63) is 35.4 Å². The molecule has 1 aromatic carbocycles. The van der Waals surface area contributed by atoms with Gasteiger partial charge in [-0.1, -0.05) is 24.3 Å². The smallest absolute Gasteiger partial charge is 0.321 e. The van der Waals surface area contributed by atoms with Gasteiger partial charge in [-0.15, -0.1) is 24.2 Å². The molecule has 3 rings (SSSR count). The van der Waals surface area contributed by atoms with Crippen LogP contribution in [0.2, 0.25) is 0 Å². The molecule has 0 radical (unpaired) electrons. The van der Waals surface area contributed by atoms with Crippen LogP contribution in [0.4, 0.5) is 0 Å². The molecular formula is C12H10ClNO4S. The van der Waals surface area contributed by atoms with Gasteiger partial charge in [0.2, 0.25) is 11.6 Å². The van der Waals surface area contributed by atoms with Crippen molar-refractivity contribution in [1.82, 2.24) is 5.32 Å². The molecule has 1 atom stereocenters. The molecular weight excluding hydrogens is 290 g/mol. The Kier molecular flexibility index (Phi) is 3.42. The molecule has 5 nitrogen and oxygen atoms in total. The number of carbonyl (C=O) groups is 3. The molecule has 1 aliphatic carbocycles. The Morgan fingerprint density at radius 3 is 2.21 bits per heavy atom. The number of ketones is 2. The van der Waals surface area contributed by atoms with Gasteiger partial charge < -0.3 is 5.11 Å². The zero-order valence-corrected chi connectivity index (χ0v) is 11.2. The molecule has 2 aliphatic rings. The Bertz CT molecular complexity index is 554. The van der Waals surface area contributed by atoms with Crippen LogP contribution in [-0.4, -0.2) is 39.3 Å². The highest BCUT2D eigenvalue weighted by molar-refractivity contribution is 8.02. The highest BCUT2D eigenvalue weighted by Crippen LogP contribution is 2.42. The first-order chi connectivity index (χ1) is 8.56. The number of aliphatic carboxylic acids is 1. The average molecular weight is 300 g/mol. The third kappa shape index (κ3) is 1.79. The summed E-state index contributed by atoms with van der Waals surface area (Å²) in [6.07, 6.45) is 0. The summed E-state index contributed by atoms with van der Waals surface area (Å²) in [6, 6.07) is 5.72. The normalized spacial score (nSPS) is 23.3. The van der Waals surface area contributed by atoms with E-state index < -0.39 is 16.9 Å². The summed E-state index contributed by atoms with van der Waals surface area (Å²) in [5.74, 6) is -1.51. The van der Waals surface area contributed by atoms with Crippen LogP contribution in [0.15, 0.2) is 24.3 Å². The van der Waals surface area contributed by atoms with Gasteiger partial charge in [-0.25, -0.2) is 0 Å². The fourth-order valence-corrected chi connectivity index (χ4v) is 3.64. The van der Waals surface area contributed by atoms with Crippen LogP contribution in [0.3, 0.4) is 0 Å². The van der Waals surface area contributed by atoms with Gasteiger partial charge >= 0.3 is 5.97 Å². The fourth-order valence-electron chi connectivity index (χ4n) is 2.29. The first-order valence-electron chi connectivity index (χ1n) is 5.39. The van der Waals surface area contributed by atoms with Gasteiger partial charge in [0.05, 0.1) is 0 Å². The summed E-state index contributed by atoms with van der Waals surface area (Å²) in [5.41, 5.74) is 0.738. The third-order valence-electron chi connectivity index (χ3n) is 3.20. The van der Waals surface area contributed by atoms with E-state index in [0.29, 0.717) is 11.1 Å². The number of rotatable bonds is 1. The summed E-state index contributed by atoms with van der Waals surface area (Å²) in [4.78, 5) is 34.1. The highest BCUT2D eigenvalue weighted by atomic mass is 35.5. The summed E-state index contributed by atoms with van der Waals surface area (Å²) in [6.45, 7) is 0. The molecule has 0 bridgehead atoms. The second-order valence-corrected chi connectivity index (χ2v) is 5.47. The van der Waals surface area contributed by atoms with Crippen LogP contribution in [0.5, 0.6) is 0 Å². The molecule has 1 unspecified atom stereocenters. The monoisotopic (exact) mass is 299 g/mol. The van der Waals surface area contributed by atoms with Crippen LogP contribution < -0.4 is 5.32 Å². The molecule has 0 aromatic heterocycles. The maximum Gasteiger partial charge on any atom is 0.321 e. The number of Topliss-reactive ketones (excluding diaryl/α,β-unsaturated/α-hetero) is 2. The minimum atomic E-state index is -1.42. The van der Waals surface area contributed by atoms with E-state index in [1.165, 1.54) is 0 Å². The lowest BCUT2D eigenvalue weighted by Crippen LogP contribution is -2.52. The van der Waals surface area contributed by atoms with Crippen LogP contribution >= 0.6 is 24.2 Å². The van der Waals surface area contributed by atoms with E-state index in [4.69, 9.17) is 5.11 Å². The number of fused-ring (bicyclic) bond motifs is 1. The van der Waals surface area contributed by atoms with Gasteiger partial charge in [0.1, 0.15) is 6.04 Å². The molecule has 1 heterocycles. The van der Waals surface area contributed by atoms with Crippen molar-refractivity contribution in [3.8, 4) is 0 Å². The van der Waals surface area contributed by atoms with Crippen molar-refractivity contribution in [1.29, 1.82) is 0 Å². The topological polar surface area (TPSA) is 83.5 Å². The minimum Gasteiger partial charge on any atom is -0.480 e. The molecule has 0 saturated carbocycles. The van der Waals surface area contributed by atoms with E-state index in [1.54, 1.807) is 24.3 Å². The molecule has 2 N–H and O–H groups in total.